The Morgan fingerprint density at radius 2 is 2.25 bits per heavy atom. The van der Waals surface area contributed by atoms with E-state index in [1.54, 1.807) is 11.4 Å². The lowest BCUT2D eigenvalue weighted by atomic mass is 10.6. The molecule has 1 rings (SSSR count). The second kappa shape index (κ2) is 3.42. The van der Waals surface area contributed by atoms with Crippen molar-refractivity contribution in [2.24, 2.45) is 0 Å². The van der Waals surface area contributed by atoms with Crippen molar-refractivity contribution in [2.45, 2.75) is 4.21 Å². The Morgan fingerprint density at radius 1 is 1.58 bits per heavy atom. The van der Waals surface area contributed by atoms with Crippen molar-refractivity contribution in [1.29, 1.82) is 0 Å². The Hall–Kier alpha value is -0.590. The molecule has 1 N–H and O–H groups in total. The molecule has 0 spiro atoms. The predicted octanol–water partition coefficient (Wildman–Crippen LogP) is 0.665. The number of methoxy groups -OCH3 is 1. The van der Waals surface area contributed by atoms with Crippen LogP contribution >= 0.6 is 11.3 Å². The van der Waals surface area contributed by atoms with Crippen LogP contribution in [0, 0.1) is 0 Å². The molecule has 12 heavy (non-hydrogen) atoms. The van der Waals surface area contributed by atoms with E-state index in [9.17, 15) is 8.42 Å². The smallest absolute Gasteiger partial charge is 0.253 e. The molecule has 0 saturated carbocycles. The third kappa shape index (κ3) is 1.60. The standard InChI is InChI=1S/C6H9NO3S2/c1-7-12(8,9)6-5(10-2)3-4-11-6/h3-4,7H,1-2H3. The first-order valence-corrected chi connectivity index (χ1v) is 5.53. The fourth-order valence-corrected chi connectivity index (χ4v) is 2.83. The number of hydrogen-bond acceptors (Lipinski definition) is 4. The molecular weight excluding hydrogens is 198 g/mol. The van der Waals surface area contributed by atoms with Crippen LogP contribution in [-0.2, 0) is 10.0 Å². The van der Waals surface area contributed by atoms with Crippen molar-refractivity contribution < 1.29 is 13.2 Å². The van der Waals surface area contributed by atoms with Crippen molar-refractivity contribution in [2.75, 3.05) is 14.2 Å². The maximum absolute atomic E-state index is 11.3. The van der Waals surface area contributed by atoms with Crippen molar-refractivity contribution in [3.05, 3.63) is 11.4 Å². The molecule has 0 amide bonds. The van der Waals surface area contributed by atoms with Crippen LogP contribution in [0.15, 0.2) is 15.7 Å². The minimum Gasteiger partial charge on any atom is -0.494 e. The van der Waals surface area contributed by atoms with Gasteiger partial charge in [0.05, 0.1) is 7.11 Å². The summed E-state index contributed by atoms with van der Waals surface area (Å²) in [5.74, 6) is 0.384. The quantitative estimate of drug-likeness (QED) is 0.792. The highest BCUT2D eigenvalue weighted by Crippen LogP contribution is 2.28. The first-order chi connectivity index (χ1) is 5.61. The van der Waals surface area contributed by atoms with Crippen LogP contribution < -0.4 is 9.46 Å². The van der Waals surface area contributed by atoms with Gasteiger partial charge in [0.1, 0.15) is 5.75 Å². The van der Waals surface area contributed by atoms with Crippen LogP contribution in [0.2, 0.25) is 0 Å². The Kier molecular flexibility index (Phi) is 2.71. The molecule has 0 fully saturated rings. The minimum absolute atomic E-state index is 0.215. The second-order valence-corrected chi connectivity index (χ2v) is 4.98. The van der Waals surface area contributed by atoms with Crippen molar-refractivity contribution in [3.8, 4) is 5.75 Å². The number of rotatable bonds is 3. The molecule has 68 valence electrons. The Balaban J connectivity index is 3.19. The highest BCUT2D eigenvalue weighted by molar-refractivity contribution is 7.91. The molecule has 0 saturated heterocycles. The van der Waals surface area contributed by atoms with Gasteiger partial charge >= 0.3 is 0 Å². The maximum Gasteiger partial charge on any atom is 0.253 e. The van der Waals surface area contributed by atoms with Gasteiger partial charge in [0, 0.05) is 0 Å². The van der Waals surface area contributed by atoms with E-state index < -0.39 is 10.0 Å². The molecule has 0 aliphatic carbocycles. The van der Waals surface area contributed by atoms with E-state index in [4.69, 9.17) is 4.74 Å². The maximum atomic E-state index is 11.3. The Bertz CT molecular complexity index is 355. The number of ether oxygens (including phenoxy) is 1. The lowest BCUT2D eigenvalue weighted by molar-refractivity contribution is 0.406. The van der Waals surface area contributed by atoms with E-state index >= 15 is 0 Å². The molecule has 0 bridgehead atoms. The second-order valence-electron chi connectivity index (χ2n) is 1.98. The van der Waals surface area contributed by atoms with Crippen molar-refractivity contribution in [1.82, 2.24) is 4.72 Å². The SMILES string of the molecule is CNS(=O)(=O)c1sccc1OC. The van der Waals surface area contributed by atoms with Crippen LogP contribution in [0.3, 0.4) is 0 Å². The van der Waals surface area contributed by atoms with Gasteiger partial charge in [-0.2, -0.15) is 0 Å². The summed E-state index contributed by atoms with van der Waals surface area (Å²) >= 11 is 1.13. The molecule has 1 aromatic heterocycles. The van der Waals surface area contributed by atoms with Crippen LogP contribution in [0.1, 0.15) is 0 Å². The van der Waals surface area contributed by atoms with E-state index in [0.717, 1.165) is 11.3 Å². The summed E-state index contributed by atoms with van der Waals surface area (Å²) in [5.41, 5.74) is 0. The van der Waals surface area contributed by atoms with Gasteiger partial charge < -0.3 is 4.74 Å². The van der Waals surface area contributed by atoms with E-state index in [1.165, 1.54) is 14.2 Å². The molecule has 0 radical (unpaired) electrons. The molecule has 0 atom stereocenters. The van der Waals surface area contributed by atoms with Crippen molar-refractivity contribution in [3.63, 3.8) is 0 Å². The van der Waals surface area contributed by atoms with Crippen LogP contribution in [0.25, 0.3) is 0 Å². The molecule has 4 nitrogen and oxygen atoms in total. The number of nitrogens with one attached hydrogen (secondary N) is 1. The van der Waals surface area contributed by atoms with Crippen LogP contribution in [-0.4, -0.2) is 22.6 Å². The summed E-state index contributed by atoms with van der Waals surface area (Å²) < 4.78 is 29.8. The highest BCUT2D eigenvalue weighted by atomic mass is 32.2. The monoisotopic (exact) mass is 207 g/mol. The van der Waals surface area contributed by atoms with E-state index in [2.05, 4.69) is 4.72 Å². The average molecular weight is 207 g/mol. The summed E-state index contributed by atoms with van der Waals surface area (Å²) in [6.07, 6.45) is 0. The molecule has 0 aromatic carbocycles. The first-order valence-electron chi connectivity index (χ1n) is 3.17. The zero-order valence-electron chi connectivity index (χ0n) is 6.70. The zero-order valence-corrected chi connectivity index (χ0v) is 8.33. The minimum atomic E-state index is -3.35. The number of hydrogen-bond donors (Lipinski definition) is 1. The number of thiophene rings is 1. The van der Waals surface area contributed by atoms with Crippen LogP contribution in [0.5, 0.6) is 5.75 Å². The van der Waals surface area contributed by atoms with E-state index in [-0.39, 0.29) is 4.21 Å². The van der Waals surface area contributed by atoms with Gasteiger partial charge in [0.15, 0.2) is 4.21 Å². The zero-order chi connectivity index (χ0) is 9.19. The normalized spacial score (nSPS) is 11.5. The van der Waals surface area contributed by atoms with E-state index in [0.29, 0.717) is 5.75 Å². The van der Waals surface area contributed by atoms with E-state index in [1.807, 2.05) is 0 Å². The summed E-state index contributed by atoms with van der Waals surface area (Å²) in [6.45, 7) is 0. The molecule has 1 heterocycles. The Labute approximate surface area is 75.2 Å². The molecule has 1 aromatic rings. The van der Waals surface area contributed by atoms with Gasteiger partial charge in [0.2, 0.25) is 0 Å². The fraction of sp³-hybridized carbons (Fsp3) is 0.333. The predicted molar refractivity (Wildman–Crippen MR) is 47.1 cm³/mol. The molecular formula is C6H9NO3S2. The van der Waals surface area contributed by atoms with Gasteiger partial charge in [-0.1, -0.05) is 0 Å². The van der Waals surface area contributed by atoms with Gasteiger partial charge in [-0.15, -0.1) is 11.3 Å². The van der Waals surface area contributed by atoms with Gasteiger partial charge in [-0.25, -0.2) is 13.1 Å². The topological polar surface area (TPSA) is 55.4 Å². The molecule has 0 aliphatic rings. The molecule has 0 aliphatic heterocycles. The third-order valence-corrected chi connectivity index (χ3v) is 4.19. The first kappa shape index (κ1) is 9.50. The summed E-state index contributed by atoms with van der Waals surface area (Å²) in [6, 6.07) is 1.62. The lowest BCUT2D eigenvalue weighted by Gasteiger charge is -2.01. The summed E-state index contributed by atoms with van der Waals surface area (Å²) in [5, 5.41) is 1.67. The van der Waals surface area contributed by atoms with Crippen molar-refractivity contribution >= 4 is 21.4 Å². The fourth-order valence-electron chi connectivity index (χ4n) is 0.724. The largest absolute Gasteiger partial charge is 0.494 e. The van der Waals surface area contributed by atoms with Crippen LogP contribution in [0.4, 0.5) is 0 Å². The summed E-state index contributed by atoms with van der Waals surface area (Å²) in [4.78, 5) is 0. The Morgan fingerprint density at radius 3 is 2.75 bits per heavy atom. The highest BCUT2D eigenvalue weighted by Gasteiger charge is 2.18. The molecule has 0 unspecified atom stereocenters. The molecule has 6 heteroatoms. The summed E-state index contributed by atoms with van der Waals surface area (Å²) in [7, 11) is -0.543. The van der Waals surface area contributed by atoms with Gasteiger partial charge in [0.25, 0.3) is 10.0 Å². The van der Waals surface area contributed by atoms with Gasteiger partial charge in [-0.05, 0) is 18.5 Å². The lowest BCUT2D eigenvalue weighted by Crippen LogP contribution is -2.17. The number of sulfonamides is 1. The average Bonchev–Trinajstić information content (AvgIpc) is 2.52. The van der Waals surface area contributed by atoms with Gasteiger partial charge in [-0.3, -0.25) is 0 Å². The third-order valence-electron chi connectivity index (χ3n) is 1.33.